The van der Waals surface area contributed by atoms with Crippen molar-refractivity contribution in [2.24, 2.45) is 5.73 Å². The van der Waals surface area contributed by atoms with Gasteiger partial charge in [-0.1, -0.05) is 15.9 Å². The number of aromatic amines is 1. The Balaban J connectivity index is 2.49. The maximum Gasteiger partial charge on any atom is 0.132 e. The van der Waals surface area contributed by atoms with E-state index in [2.05, 4.69) is 26.1 Å². The topological polar surface area (TPSA) is 54.7 Å². The Labute approximate surface area is 107 Å². The van der Waals surface area contributed by atoms with Gasteiger partial charge in [0, 0.05) is 22.2 Å². The van der Waals surface area contributed by atoms with Crippen LogP contribution in [0.25, 0.3) is 11.3 Å². The average molecular weight is 298 g/mol. The van der Waals surface area contributed by atoms with E-state index in [0.29, 0.717) is 24.2 Å². The zero-order chi connectivity index (χ0) is 12.4. The minimum absolute atomic E-state index is 0.276. The van der Waals surface area contributed by atoms with Crippen LogP contribution in [0.4, 0.5) is 4.39 Å². The van der Waals surface area contributed by atoms with Gasteiger partial charge in [0.2, 0.25) is 0 Å². The quantitative estimate of drug-likeness (QED) is 0.915. The Morgan fingerprint density at radius 1 is 1.47 bits per heavy atom. The molecule has 0 saturated heterocycles. The summed E-state index contributed by atoms with van der Waals surface area (Å²) in [5.74, 6) is -0.276. The molecule has 1 aromatic carbocycles. The van der Waals surface area contributed by atoms with Crippen LogP contribution in [0.15, 0.2) is 22.7 Å². The number of aromatic nitrogens is 2. The van der Waals surface area contributed by atoms with Gasteiger partial charge in [-0.2, -0.15) is 5.10 Å². The number of nitrogens with one attached hydrogen (secondary N) is 1. The van der Waals surface area contributed by atoms with E-state index >= 15 is 0 Å². The zero-order valence-electron chi connectivity index (χ0n) is 9.43. The monoisotopic (exact) mass is 297 g/mol. The van der Waals surface area contributed by atoms with Gasteiger partial charge in [-0.3, -0.25) is 5.10 Å². The highest BCUT2D eigenvalue weighted by molar-refractivity contribution is 9.10. The molecule has 0 aliphatic heterocycles. The molecule has 2 aromatic rings. The maximum atomic E-state index is 13.7. The van der Waals surface area contributed by atoms with Crippen LogP contribution in [0.5, 0.6) is 0 Å². The first-order chi connectivity index (χ1) is 8.13. The molecule has 2 rings (SSSR count). The van der Waals surface area contributed by atoms with Gasteiger partial charge in [0.25, 0.3) is 0 Å². The normalized spacial score (nSPS) is 10.8. The summed E-state index contributed by atoms with van der Waals surface area (Å²) in [5, 5.41) is 7.07. The minimum atomic E-state index is -0.276. The van der Waals surface area contributed by atoms with E-state index in [1.54, 1.807) is 12.1 Å². The number of benzene rings is 1. The van der Waals surface area contributed by atoms with Crippen molar-refractivity contribution in [3.05, 3.63) is 39.7 Å². The minimum Gasteiger partial charge on any atom is -0.330 e. The third kappa shape index (κ3) is 2.40. The second-order valence-corrected chi connectivity index (χ2v) is 4.75. The molecule has 3 nitrogen and oxygen atoms in total. The van der Waals surface area contributed by atoms with Crippen molar-refractivity contribution in [3.8, 4) is 11.3 Å². The lowest BCUT2D eigenvalue weighted by atomic mass is 10.1. The van der Waals surface area contributed by atoms with Gasteiger partial charge in [0.05, 0.1) is 5.69 Å². The largest absolute Gasteiger partial charge is 0.330 e. The Morgan fingerprint density at radius 2 is 2.24 bits per heavy atom. The predicted molar refractivity (Wildman–Crippen MR) is 69.2 cm³/mol. The Hall–Kier alpha value is -1.20. The van der Waals surface area contributed by atoms with Crippen molar-refractivity contribution in [2.45, 2.75) is 13.3 Å². The highest BCUT2D eigenvalue weighted by Crippen LogP contribution is 2.28. The van der Waals surface area contributed by atoms with Gasteiger partial charge in [0.15, 0.2) is 0 Å². The molecule has 0 fully saturated rings. The van der Waals surface area contributed by atoms with Crippen molar-refractivity contribution in [3.63, 3.8) is 0 Å². The van der Waals surface area contributed by atoms with Gasteiger partial charge in [0.1, 0.15) is 5.82 Å². The summed E-state index contributed by atoms with van der Waals surface area (Å²) in [4.78, 5) is 0. The summed E-state index contributed by atoms with van der Waals surface area (Å²) in [6, 6.07) is 4.82. The molecule has 1 aromatic heterocycles. The molecule has 0 saturated carbocycles. The third-order valence-electron chi connectivity index (χ3n) is 2.69. The van der Waals surface area contributed by atoms with Crippen molar-refractivity contribution < 1.29 is 4.39 Å². The first kappa shape index (κ1) is 12.3. The van der Waals surface area contributed by atoms with Gasteiger partial charge in [-0.15, -0.1) is 0 Å². The van der Waals surface area contributed by atoms with E-state index in [0.717, 1.165) is 15.7 Å². The van der Waals surface area contributed by atoms with Crippen molar-refractivity contribution >= 4 is 15.9 Å². The van der Waals surface area contributed by atoms with Crippen molar-refractivity contribution in [2.75, 3.05) is 6.54 Å². The molecule has 1 heterocycles. The highest BCUT2D eigenvalue weighted by Gasteiger charge is 2.14. The highest BCUT2D eigenvalue weighted by atomic mass is 79.9. The number of hydrogen-bond acceptors (Lipinski definition) is 2. The van der Waals surface area contributed by atoms with Crippen LogP contribution in [0, 0.1) is 12.7 Å². The number of halogens is 2. The Kier molecular flexibility index (Phi) is 3.59. The van der Waals surface area contributed by atoms with E-state index in [-0.39, 0.29) is 5.82 Å². The summed E-state index contributed by atoms with van der Waals surface area (Å²) in [6.45, 7) is 2.47. The van der Waals surface area contributed by atoms with Gasteiger partial charge < -0.3 is 5.73 Å². The SMILES string of the molecule is Cc1c(-c2cc(Br)ccc2F)n[nH]c1CCN. The van der Waals surface area contributed by atoms with Crippen LogP contribution in [-0.4, -0.2) is 16.7 Å². The molecular formula is C12H13BrFN3. The summed E-state index contributed by atoms with van der Waals surface area (Å²) in [5.41, 5.74) is 8.56. The molecule has 5 heteroatoms. The van der Waals surface area contributed by atoms with Crippen molar-refractivity contribution in [1.29, 1.82) is 0 Å². The molecule has 0 spiro atoms. The van der Waals surface area contributed by atoms with Crippen LogP contribution in [-0.2, 0) is 6.42 Å². The van der Waals surface area contributed by atoms with E-state index in [1.807, 2.05) is 6.92 Å². The number of H-pyrrole nitrogens is 1. The van der Waals surface area contributed by atoms with Gasteiger partial charge in [-0.25, -0.2) is 4.39 Å². The number of rotatable bonds is 3. The number of nitrogens with zero attached hydrogens (tertiary/aromatic N) is 1. The fourth-order valence-electron chi connectivity index (χ4n) is 1.76. The maximum absolute atomic E-state index is 13.7. The lowest BCUT2D eigenvalue weighted by molar-refractivity contribution is 0.630. The van der Waals surface area contributed by atoms with E-state index in [1.165, 1.54) is 6.07 Å². The second-order valence-electron chi connectivity index (χ2n) is 3.84. The molecule has 0 aliphatic rings. The lowest BCUT2D eigenvalue weighted by Crippen LogP contribution is -2.03. The van der Waals surface area contributed by atoms with Gasteiger partial charge in [-0.05, 0) is 37.2 Å². The summed E-state index contributed by atoms with van der Waals surface area (Å²) >= 11 is 3.33. The Bertz CT molecular complexity index is 537. The molecule has 0 radical (unpaired) electrons. The average Bonchev–Trinajstić information content (AvgIpc) is 2.65. The summed E-state index contributed by atoms with van der Waals surface area (Å²) in [6.07, 6.45) is 0.717. The summed E-state index contributed by atoms with van der Waals surface area (Å²) < 4.78 is 14.6. The fourth-order valence-corrected chi connectivity index (χ4v) is 2.12. The molecular weight excluding hydrogens is 285 g/mol. The first-order valence-corrected chi connectivity index (χ1v) is 6.12. The second kappa shape index (κ2) is 4.98. The summed E-state index contributed by atoms with van der Waals surface area (Å²) in [7, 11) is 0. The molecule has 0 unspecified atom stereocenters. The molecule has 3 N–H and O–H groups in total. The fraction of sp³-hybridized carbons (Fsp3) is 0.250. The van der Waals surface area contributed by atoms with Gasteiger partial charge >= 0.3 is 0 Å². The molecule has 17 heavy (non-hydrogen) atoms. The van der Waals surface area contributed by atoms with Crippen LogP contribution < -0.4 is 5.73 Å². The zero-order valence-corrected chi connectivity index (χ0v) is 11.0. The predicted octanol–water partition coefficient (Wildman–Crippen LogP) is 2.79. The number of hydrogen-bond donors (Lipinski definition) is 2. The smallest absolute Gasteiger partial charge is 0.132 e. The lowest BCUT2D eigenvalue weighted by Gasteiger charge is -2.02. The van der Waals surface area contributed by atoms with Crippen LogP contribution in [0.2, 0.25) is 0 Å². The molecule has 0 aliphatic carbocycles. The molecule has 0 bridgehead atoms. The number of nitrogens with two attached hydrogens (primary N) is 1. The molecule has 90 valence electrons. The van der Waals surface area contributed by atoms with E-state index < -0.39 is 0 Å². The molecule has 0 atom stereocenters. The third-order valence-corrected chi connectivity index (χ3v) is 3.18. The first-order valence-electron chi connectivity index (χ1n) is 5.33. The van der Waals surface area contributed by atoms with Crippen LogP contribution >= 0.6 is 15.9 Å². The van der Waals surface area contributed by atoms with Crippen LogP contribution in [0.3, 0.4) is 0 Å². The standard InChI is InChI=1S/C12H13BrFN3/c1-7-11(4-5-15)16-17-12(7)9-6-8(13)2-3-10(9)14/h2-3,6H,4-5,15H2,1H3,(H,16,17). The van der Waals surface area contributed by atoms with Crippen LogP contribution in [0.1, 0.15) is 11.3 Å². The van der Waals surface area contributed by atoms with E-state index in [4.69, 9.17) is 5.73 Å². The molecule has 0 amide bonds. The van der Waals surface area contributed by atoms with Crippen molar-refractivity contribution in [1.82, 2.24) is 10.2 Å². The van der Waals surface area contributed by atoms with E-state index in [9.17, 15) is 4.39 Å². The Morgan fingerprint density at radius 3 is 2.94 bits per heavy atom.